The second-order valence-electron chi connectivity index (χ2n) is 11.7. The van der Waals surface area contributed by atoms with Crippen molar-refractivity contribution in [2.24, 2.45) is 17.8 Å². The number of aryl methyl sites for hydroxylation is 1. The first-order valence-electron chi connectivity index (χ1n) is 14.7. The largest absolute Gasteiger partial charge is 0.493 e. The zero-order valence-corrected chi connectivity index (χ0v) is 23.6. The lowest BCUT2D eigenvalue weighted by atomic mass is 10.0. The van der Waals surface area contributed by atoms with Gasteiger partial charge in [-0.2, -0.15) is 0 Å². The molecule has 4 heterocycles. The molecule has 0 spiro atoms. The maximum atomic E-state index is 13.8. The number of nitrogens with one attached hydrogen (secondary N) is 1. The highest BCUT2D eigenvalue weighted by molar-refractivity contribution is 5.96. The highest BCUT2D eigenvalue weighted by Crippen LogP contribution is 2.50. The van der Waals surface area contributed by atoms with Gasteiger partial charge in [0.15, 0.2) is 5.78 Å². The molecule has 220 valence electrons. The number of halogens is 1. The number of benzene rings is 2. The third kappa shape index (κ3) is 5.76. The van der Waals surface area contributed by atoms with Crippen LogP contribution in [0.3, 0.4) is 0 Å². The zero-order valence-electron chi connectivity index (χ0n) is 23.6. The van der Waals surface area contributed by atoms with Gasteiger partial charge in [0, 0.05) is 54.7 Å². The summed E-state index contributed by atoms with van der Waals surface area (Å²) >= 11 is 0. The van der Waals surface area contributed by atoms with Gasteiger partial charge in [0.05, 0.1) is 50.8 Å². The summed E-state index contributed by atoms with van der Waals surface area (Å²) in [5.41, 5.74) is 2.73. The SMILES string of the molecule is Cc1cc(Nc2ncnc3cc(OCC4C5COCC54)c(CC(=O)/C=C/CN4C[C@@H]5OCCO[C@@H]5C4)cc23)ccc1F. The van der Waals surface area contributed by atoms with Crippen LogP contribution in [0.4, 0.5) is 15.9 Å². The Labute approximate surface area is 244 Å². The Morgan fingerprint density at radius 2 is 1.90 bits per heavy atom. The minimum absolute atomic E-state index is 0.0134. The molecule has 42 heavy (non-hydrogen) atoms. The van der Waals surface area contributed by atoms with E-state index in [0.29, 0.717) is 66.8 Å². The molecule has 0 amide bonds. The van der Waals surface area contributed by atoms with E-state index < -0.39 is 0 Å². The third-order valence-corrected chi connectivity index (χ3v) is 8.87. The van der Waals surface area contributed by atoms with Crippen LogP contribution in [0.25, 0.3) is 10.9 Å². The Balaban J connectivity index is 1.09. The molecular formula is C32H35FN4O5. The molecule has 10 heteroatoms. The summed E-state index contributed by atoms with van der Waals surface area (Å²) in [6.07, 6.45) is 5.47. The van der Waals surface area contributed by atoms with Crippen molar-refractivity contribution < 1.29 is 28.1 Å². The van der Waals surface area contributed by atoms with Gasteiger partial charge in [0.25, 0.3) is 0 Å². The van der Waals surface area contributed by atoms with Gasteiger partial charge in [-0.05, 0) is 54.7 Å². The van der Waals surface area contributed by atoms with Gasteiger partial charge < -0.3 is 24.3 Å². The van der Waals surface area contributed by atoms with E-state index in [0.717, 1.165) is 42.9 Å². The van der Waals surface area contributed by atoms with Crippen molar-refractivity contribution in [3.63, 3.8) is 0 Å². The van der Waals surface area contributed by atoms with Crippen molar-refractivity contribution in [1.29, 1.82) is 0 Å². The fraction of sp³-hybridized carbons (Fsp3) is 0.469. The molecule has 1 N–H and O–H groups in total. The highest BCUT2D eigenvalue weighted by Gasteiger charge is 2.54. The zero-order chi connectivity index (χ0) is 28.6. The van der Waals surface area contributed by atoms with Crippen molar-refractivity contribution in [2.45, 2.75) is 25.6 Å². The van der Waals surface area contributed by atoms with Crippen LogP contribution in [0.15, 0.2) is 48.8 Å². The summed E-state index contributed by atoms with van der Waals surface area (Å²) in [5.74, 6) is 2.59. The van der Waals surface area contributed by atoms with Gasteiger partial charge in [-0.1, -0.05) is 6.08 Å². The molecule has 4 atom stereocenters. The summed E-state index contributed by atoms with van der Waals surface area (Å²) in [5, 5.41) is 4.05. The smallest absolute Gasteiger partial charge is 0.159 e. The van der Waals surface area contributed by atoms with Crippen LogP contribution in [-0.4, -0.2) is 85.5 Å². The number of anilines is 2. The third-order valence-electron chi connectivity index (χ3n) is 8.87. The van der Waals surface area contributed by atoms with Crippen LogP contribution >= 0.6 is 0 Å². The van der Waals surface area contributed by atoms with Crippen LogP contribution in [0, 0.1) is 30.5 Å². The van der Waals surface area contributed by atoms with Crippen LogP contribution in [0.2, 0.25) is 0 Å². The Hall–Kier alpha value is -3.44. The normalized spacial score (nSPS) is 26.9. The maximum Gasteiger partial charge on any atom is 0.159 e. The second kappa shape index (κ2) is 11.7. The first kappa shape index (κ1) is 27.4. The molecular weight excluding hydrogens is 539 g/mol. The highest BCUT2D eigenvalue weighted by atomic mass is 19.1. The maximum absolute atomic E-state index is 13.8. The Morgan fingerprint density at radius 1 is 1.12 bits per heavy atom. The monoisotopic (exact) mass is 574 g/mol. The van der Waals surface area contributed by atoms with Crippen molar-refractivity contribution in [2.75, 3.05) is 58.0 Å². The van der Waals surface area contributed by atoms with E-state index in [-0.39, 0.29) is 30.2 Å². The van der Waals surface area contributed by atoms with Gasteiger partial charge in [-0.15, -0.1) is 0 Å². The lowest BCUT2D eigenvalue weighted by Crippen LogP contribution is -2.36. The summed E-state index contributed by atoms with van der Waals surface area (Å²) in [7, 11) is 0. The minimum Gasteiger partial charge on any atom is -0.493 e. The predicted octanol–water partition coefficient (Wildman–Crippen LogP) is 3.86. The fourth-order valence-corrected chi connectivity index (χ4v) is 6.42. The summed E-state index contributed by atoms with van der Waals surface area (Å²) < 4.78 is 37.3. The van der Waals surface area contributed by atoms with E-state index in [2.05, 4.69) is 20.2 Å². The number of ketones is 1. The quantitative estimate of drug-likeness (QED) is 0.362. The molecule has 4 aliphatic rings. The average Bonchev–Trinajstić information content (AvgIpc) is 3.28. The molecule has 2 unspecified atom stereocenters. The molecule has 1 saturated carbocycles. The average molecular weight is 575 g/mol. The number of fused-ring (bicyclic) bond motifs is 3. The standard InChI is InChI=1S/C32H35FN4O5/c1-19-9-21(4-5-27(19)33)36-32-23-11-20(10-22(38)3-2-6-37-13-30-31(14-37)41-8-7-40-30)29(12-28(23)34-18-35-32)42-17-26-24-15-39-16-25(24)26/h2-5,9,11-12,18,24-26,30-31H,6-8,10,13-17H2,1H3,(H,34,35,36)/b3-2+/t24?,25?,26?,30-,31+. The summed E-state index contributed by atoms with van der Waals surface area (Å²) in [6.45, 7) is 7.47. The molecule has 2 aromatic carbocycles. The van der Waals surface area contributed by atoms with Crippen molar-refractivity contribution in [1.82, 2.24) is 14.9 Å². The van der Waals surface area contributed by atoms with E-state index in [1.165, 1.54) is 12.4 Å². The fourth-order valence-electron chi connectivity index (χ4n) is 6.42. The summed E-state index contributed by atoms with van der Waals surface area (Å²) in [6, 6.07) is 8.67. The van der Waals surface area contributed by atoms with Crippen molar-refractivity contribution >= 4 is 28.2 Å². The van der Waals surface area contributed by atoms with Crippen LogP contribution in [-0.2, 0) is 25.4 Å². The molecule has 3 aliphatic heterocycles. The Morgan fingerprint density at radius 3 is 2.67 bits per heavy atom. The molecule has 0 radical (unpaired) electrons. The number of aromatic nitrogens is 2. The molecule has 9 nitrogen and oxygen atoms in total. The first-order chi connectivity index (χ1) is 20.5. The topological polar surface area (TPSA) is 95.0 Å². The van der Waals surface area contributed by atoms with Gasteiger partial charge in [0.1, 0.15) is 23.7 Å². The summed E-state index contributed by atoms with van der Waals surface area (Å²) in [4.78, 5) is 24.4. The molecule has 0 bridgehead atoms. The number of hydrogen-bond acceptors (Lipinski definition) is 9. The molecule has 1 aromatic heterocycles. The van der Waals surface area contributed by atoms with Gasteiger partial charge in [0.2, 0.25) is 0 Å². The van der Waals surface area contributed by atoms with Gasteiger partial charge in [-0.25, -0.2) is 14.4 Å². The second-order valence-corrected chi connectivity index (χ2v) is 11.7. The van der Waals surface area contributed by atoms with E-state index >= 15 is 0 Å². The lowest BCUT2D eigenvalue weighted by molar-refractivity contribution is -0.116. The van der Waals surface area contributed by atoms with Crippen molar-refractivity contribution in [3.8, 4) is 5.75 Å². The molecule has 3 saturated heterocycles. The number of nitrogens with zero attached hydrogens (tertiary/aromatic N) is 3. The van der Waals surface area contributed by atoms with E-state index in [9.17, 15) is 9.18 Å². The number of hydrogen-bond donors (Lipinski definition) is 1. The van der Waals surface area contributed by atoms with Crippen LogP contribution in [0.5, 0.6) is 5.75 Å². The number of ether oxygens (including phenoxy) is 4. The number of carbonyl (C=O) groups is 1. The van der Waals surface area contributed by atoms with E-state index in [1.807, 2.05) is 18.2 Å². The number of carbonyl (C=O) groups excluding carboxylic acids is 1. The number of rotatable bonds is 10. The Bertz CT molecular complexity index is 1490. The van der Waals surface area contributed by atoms with Crippen LogP contribution < -0.4 is 10.1 Å². The van der Waals surface area contributed by atoms with Crippen molar-refractivity contribution in [3.05, 3.63) is 65.8 Å². The molecule has 1 aliphatic carbocycles. The minimum atomic E-state index is -0.264. The van der Waals surface area contributed by atoms with Crippen LogP contribution in [0.1, 0.15) is 11.1 Å². The van der Waals surface area contributed by atoms with Gasteiger partial charge >= 0.3 is 0 Å². The lowest BCUT2D eigenvalue weighted by Gasteiger charge is -2.24. The number of allylic oxidation sites excluding steroid dienone is 1. The number of likely N-dealkylation sites (tertiary alicyclic amines) is 1. The Kier molecular flexibility index (Phi) is 7.62. The predicted molar refractivity (Wildman–Crippen MR) is 155 cm³/mol. The van der Waals surface area contributed by atoms with Gasteiger partial charge in [-0.3, -0.25) is 9.69 Å². The van der Waals surface area contributed by atoms with E-state index in [4.69, 9.17) is 18.9 Å². The first-order valence-corrected chi connectivity index (χ1v) is 14.7. The molecule has 3 aromatic rings. The van der Waals surface area contributed by atoms with E-state index in [1.54, 1.807) is 25.1 Å². The molecule has 4 fully saturated rings. The molecule has 7 rings (SSSR count).